The summed E-state index contributed by atoms with van der Waals surface area (Å²) in [5.41, 5.74) is 5.81. The maximum atomic E-state index is 5.17. The van der Waals surface area contributed by atoms with E-state index in [0.717, 1.165) is 30.4 Å². The van der Waals surface area contributed by atoms with Gasteiger partial charge in [0.15, 0.2) is 5.96 Å². The SMILES string of the molecule is CN=C(NCc1ccccc1Cn1cccn1)NCc1c(C)nn(CCOC)c1C.I. The van der Waals surface area contributed by atoms with Crippen LogP contribution in [0.4, 0.5) is 0 Å². The molecular formula is C22H32IN7O. The van der Waals surface area contributed by atoms with Crippen LogP contribution in [0.2, 0.25) is 0 Å². The number of aromatic nitrogens is 4. The van der Waals surface area contributed by atoms with Crippen LogP contribution in [0.15, 0.2) is 47.7 Å². The van der Waals surface area contributed by atoms with Gasteiger partial charge in [0.2, 0.25) is 0 Å². The molecule has 2 aromatic heterocycles. The number of ether oxygens (including phenoxy) is 1. The number of benzene rings is 1. The zero-order valence-corrected chi connectivity index (χ0v) is 21.0. The summed E-state index contributed by atoms with van der Waals surface area (Å²) in [6.45, 7) is 7.62. The summed E-state index contributed by atoms with van der Waals surface area (Å²) in [4.78, 5) is 4.37. The summed E-state index contributed by atoms with van der Waals surface area (Å²) < 4.78 is 9.10. The number of halogens is 1. The molecule has 3 rings (SSSR count). The maximum absolute atomic E-state index is 5.17. The molecule has 0 aliphatic heterocycles. The van der Waals surface area contributed by atoms with Gasteiger partial charge in [-0.15, -0.1) is 24.0 Å². The first-order chi connectivity index (χ1) is 14.6. The Kier molecular flexibility index (Phi) is 9.99. The van der Waals surface area contributed by atoms with Crippen LogP contribution in [0.3, 0.4) is 0 Å². The van der Waals surface area contributed by atoms with E-state index in [-0.39, 0.29) is 24.0 Å². The first-order valence-electron chi connectivity index (χ1n) is 10.1. The van der Waals surface area contributed by atoms with Crippen LogP contribution in [0.25, 0.3) is 0 Å². The molecule has 1 aromatic carbocycles. The Labute approximate surface area is 201 Å². The average Bonchev–Trinajstić information content (AvgIpc) is 3.36. The number of hydrogen-bond acceptors (Lipinski definition) is 4. The number of hydrogen-bond donors (Lipinski definition) is 2. The fraction of sp³-hybridized carbons (Fsp3) is 0.409. The van der Waals surface area contributed by atoms with E-state index in [4.69, 9.17) is 4.74 Å². The van der Waals surface area contributed by atoms with Gasteiger partial charge in [-0.1, -0.05) is 24.3 Å². The molecule has 0 amide bonds. The molecule has 0 fully saturated rings. The van der Waals surface area contributed by atoms with Gasteiger partial charge >= 0.3 is 0 Å². The molecule has 0 bridgehead atoms. The molecule has 0 radical (unpaired) electrons. The van der Waals surface area contributed by atoms with Crippen molar-refractivity contribution < 1.29 is 4.74 Å². The molecule has 0 aliphatic rings. The second-order valence-corrected chi connectivity index (χ2v) is 7.12. The van der Waals surface area contributed by atoms with Crippen molar-refractivity contribution in [3.63, 3.8) is 0 Å². The Morgan fingerprint density at radius 3 is 2.52 bits per heavy atom. The van der Waals surface area contributed by atoms with Gasteiger partial charge in [0.1, 0.15) is 0 Å². The molecule has 0 atom stereocenters. The largest absolute Gasteiger partial charge is 0.383 e. The van der Waals surface area contributed by atoms with Crippen LogP contribution < -0.4 is 10.6 Å². The Hall–Kier alpha value is -2.40. The second-order valence-electron chi connectivity index (χ2n) is 7.12. The normalized spacial score (nSPS) is 11.3. The van der Waals surface area contributed by atoms with Crippen molar-refractivity contribution in [2.45, 2.75) is 40.0 Å². The van der Waals surface area contributed by atoms with Crippen molar-refractivity contribution in [3.05, 3.63) is 70.8 Å². The standard InChI is InChI=1S/C22H31N7O.HI/c1-17-21(18(2)29(27-17)12-13-30-4)15-25-22(23-3)24-14-19-8-5-6-9-20(19)16-28-11-7-10-26-28;/h5-11H,12-16H2,1-4H3,(H2,23,24,25);1H. The lowest BCUT2D eigenvalue weighted by molar-refractivity contribution is 0.182. The zero-order chi connectivity index (χ0) is 21.3. The predicted molar refractivity (Wildman–Crippen MR) is 134 cm³/mol. The number of rotatable bonds is 9. The lowest BCUT2D eigenvalue weighted by Crippen LogP contribution is -2.36. The highest BCUT2D eigenvalue weighted by atomic mass is 127. The third-order valence-electron chi connectivity index (χ3n) is 5.15. The lowest BCUT2D eigenvalue weighted by Gasteiger charge is -2.15. The van der Waals surface area contributed by atoms with Gasteiger partial charge in [-0.25, -0.2) is 0 Å². The first kappa shape index (κ1) is 24.9. The van der Waals surface area contributed by atoms with Crippen molar-refractivity contribution in [1.82, 2.24) is 30.2 Å². The summed E-state index contributed by atoms with van der Waals surface area (Å²) in [6, 6.07) is 10.3. The van der Waals surface area contributed by atoms with Gasteiger partial charge in [-0.05, 0) is 31.0 Å². The lowest BCUT2D eigenvalue weighted by atomic mass is 10.1. The summed E-state index contributed by atoms with van der Waals surface area (Å²) in [5.74, 6) is 0.757. The van der Waals surface area contributed by atoms with E-state index in [1.54, 1.807) is 20.4 Å². The zero-order valence-electron chi connectivity index (χ0n) is 18.6. The number of aryl methyl sites for hydroxylation is 1. The minimum atomic E-state index is 0. The molecule has 2 heterocycles. The molecule has 31 heavy (non-hydrogen) atoms. The highest BCUT2D eigenvalue weighted by Crippen LogP contribution is 2.13. The highest BCUT2D eigenvalue weighted by Gasteiger charge is 2.12. The van der Waals surface area contributed by atoms with Crippen LogP contribution in [-0.2, 0) is 30.9 Å². The minimum Gasteiger partial charge on any atom is -0.383 e. The van der Waals surface area contributed by atoms with Crippen LogP contribution in [0.1, 0.15) is 28.1 Å². The van der Waals surface area contributed by atoms with E-state index < -0.39 is 0 Å². The summed E-state index contributed by atoms with van der Waals surface area (Å²) >= 11 is 0. The molecule has 2 N–H and O–H groups in total. The Bertz CT molecular complexity index is 966. The maximum Gasteiger partial charge on any atom is 0.191 e. The number of aliphatic imine (C=N–C) groups is 1. The molecule has 3 aromatic rings. The third kappa shape index (κ3) is 6.79. The highest BCUT2D eigenvalue weighted by molar-refractivity contribution is 14.0. The quantitative estimate of drug-likeness (QED) is 0.249. The van der Waals surface area contributed by atoms with Crippen LogP contribution in [0.5, 0.6) is 0 Å². The minimum absolute atomic E-state index is 0. The predicted octanol–water partition coefficient (Wildman–Crippen LogP) is 2.87. The monoisotopic (exact) mass is 537 g/mol. The van der Waals surface area contributed by atoms with Gasteiger partial charge in [0, 0.05) is 50.9 Å². The van der Waals surface area contributed by atoms with Gasteiger partial charge in [-0.2, -0.15) is 10.2 Å². The van der Waals surface area contributed by atoms with Crippen molar-refractivity contribution in [2.75, 3.05) is 20.8 Å². The molecular weight excluding hydrogens is 505 g/mol. The number of nitrogens with one attached hydrogen (secondary N) is 2. The third-order valence-corrected chi connectivity index (χ3v) is 5.15. The summed E-state index contributed by atoms with van der Waals surface area (Å²) in [7, 11) is 3.49. The molecule has 0 saturated carbocycles. The van der Waals surface area contributed by atoms with Gasteiger partial charge in [-0.3, -0.25) is 14.4 Å². The molecule has 0 unspecified atom stereocenters. The number of guanidine groups is 1. The van der Waals surface area contributed by atoms with Gasteiger partial charge in [0.05, 0.1) is 25.4 Å². The number of methoxy groups -OCH3 is 1. The molecule has 8 nitrogen and oxygen atoms in total. The number of nitrogens with zero attached hydrogens (tertiary/aromatic N) is 5. The molecule has 168 valence electrons. The molecule has 9 heteroatoms. The van der Waals surface area contributed by atoms with Crippen molar-refractivity contribution >= 4 is 29.9 Å². The van der Waals surface area contributed by atoms with Crippen molar-refractivity contribution in [2.24, 2.45) is 4.99 Å². The van der Waals surface area contributed by atoms with Crippen LogP contribution in [0, 0.1) is 13.8 Å². The first-order valence-corrected chi connectivity index (χ1v) is 10.1. The fourth-order valence-electron chi connectivity index (χ4n) is 3.41. The van der Waals surface area contributed by atoms with Crippen LogP contribution in [-0.4, -0.2) is 46.3 Å². The van der Waals surface area contributed by atoms with Crippen molar-refractivity contribution in [1.29, 1.82) is 0 Å². The van der Waals surface area contributed by atoms with E-state index in [1.165, 1.54) is 16.7 Å². The summed E-state index contributed by atoms with van der Waals surface area (Å²) in [5, 5.41) is 15.8. The Morgan fingerprint density at radius 1 is 1.10 bits per heavy atom. The molecule has 0 aliphatic carbocycles. The molecule has 0 saturated heterocycles. The van der Waals surface area contributed by atoms with E-state index in [2.05, 4.69) is 57.0 Å². The van der Waals surface area contributed by atoms with E-state index in [0.29, 0.717) is 19.7 Å². The van der Waals surface area contributed by atoms with Gasteiger partial charge in [0.25, 0.3) is 0 Å². The van der Waals surface area contributed by atoms with Crippen molar-refractivity contribution in [3.8, 4) is 0 Å². The smallest absolute Gasteiger partial charge is 0.191 e. The fourth-order valence-corrected chi connectivity index (χ4v) is 3.41. The van der Waals surface area contributed by atoms with E-state index in [9.17, 15) is 0 Å². The average molecular weight is 537 g/mol. The topological polar surface area (TPSA) is 81.3 Å². The van der Waals surface area contributed by atoms with Gasteiger partial charge < -0.3 is 15.4 Å². The van der Waals surface area contributed by atoms with Crippen LogP contribution >= 0.6 is 24.0 Å². The van der Waals surface area contributed by atoms with E-state index >= 15 is 0 Å². The Morgan fingerprint density at radius 2 is 1.84 bits per heavy atom. The Balaban J connectivity index is 0.00000341. The van der Waals surface area contributed by atoms with E-state index in [1.807, 2.05) is 28.6 Å². The summed E-state index contributed by atoms with van der Waals surface area (Å²) in [6.07, 6.45) is 3.77. The molecule has 0 spiro atoms. The second kappa shape index (κ2) is 12.5.